The molecule has 0 atom stereocenters. The number of carbonyl (C=O) groups is 1. The number of hydrogen-bond donors (Lipinski definition) is 1. The van der Waals surface area contributed by atoms with Crippen molar-refractivity contribution in [2.45, 2.75) is 33.2 Å². The van der Waals surface area contributed by atoms with Gasteiger partial charge in [-0.15, -0.1) is 0 Å². The van der Waals surface area contributed by atoms with Gasteiger partial charge in [-0.2, -0.15) is 0 Å². The molecule has 0 bridgehead atoms. The Balaban J connectivity index is 1.44. The van der Waals surface area contributed by atoms with Crippen LogP contribution in [0.5, 0.6) is 0 Å². The molecular formula is C26H34FN7O2. The monoisotopic (exact) mass is 495 g/mol. The summed E-state index contributed by atoms with van der Waals surface area (Å²) in [6.45, 7) is 10.7. The van der Waals surface area contributed by atoms with Crippen LogP contribution in [0.25, 0.3) is 11.4 Å². The standard InChI is InChI=1S/C26H34FN7O2/c1-18(2)34-19(3)28-17-23(34)24-22(27)16-29-26(31-24)30-21-8-6-20(7-9-21)25(35)33-11-5-10-32(12-13-33)14-15-36-4/h6-9,16-18H,5,10-15H2,1-4H3,(H,29,30,31). The van der Waals surface area contributed by atoms with Gasteiger partial charge in [0.2, 0.25) is 5.95 Å². The van der Waals surface area contributed by atoms with E-state index < -0.39 is 5.82 Å². The SMILES string of the molecule is COCCN1CCCN(C(=O)c2ccc(Nc3ncc(F)c(-c4cnc(C)n4C(C)C)n3)cc2)CC1. The van der Waals surface area contributed by atoms with E-state index in [2.05, 4.69) is 25.2 Å². The van der Waals surface area contributed by atoms with E-state index in [1.54, 1.807) is 25.4 Å². The smallest absolute Gasteiger partial charge is 0.253 e. The number of nitrogens with zero attached hydrogens (tertiary/aromatic N) is 6. The fourth-order valence-electron chi connectivity index (χ4n) is 4.51. The lowest BCUT2D eigenvalue weighted by Gasteiger charge is -2.22. The van der Waals surface area contributed by atoms with E-state index in [4.69, 9.17) is 4.74 Å². The molecule has 1 fully saturated rings. The van der Waals surface area contributed by atoms with Gasteiger partial charge in [0.25, 0.3) is 5.91 Å². The Bertz CT molecular complexity index is 1180. The molecule has 3 heterocycles. The number of rotatable bonds is 8. The average Bonchev–Trinajstić information content (AvgIpc) is 3.10. The van der Waals surface area contributed by atoms with Gasteiger partial charge in [0, 0.05) is 50.6 Å². The minimum atomic E-state index is -0.512. The minimum absolute atomic E-state index is 0.0211. The van der Waals surface area contributed by atoms with Crippen LogP contribution in [0.4, 0.5) is 16.0 Å². The number of anilines is 2. The van der Waals surface area contributed by atoms with Crippen molar-refractivity contribution in [2.75, 3.05) is 51.8 Å². The lowest BCUT2D eigenvalue weighted by atomic mass is 10.1. The number of benzene rings is 1. The summed E-state index contributed by atoms with van der Waals surface area (Å²) < 4.78 is 21.7. The number of nitrogens with one attached hydrogen (secondary N) is 1. The van der Waals surface area contributed by atoms with E-state index >= 15 is 0 Å². The van der Waals surface area contributed by atoms with Crippen LogP contribution in [-0.4, -0.2) is 81.7 Å². The van der Waals surface area contributed by atoms with Crippen LogP contribution in [0.2, 0.25) is 0 Å². The molecule has 0 aliphatic carbocycles. The van der Waals surface area contributed by atoms with Gasteiger partial charge in [-0.1, -0.05) is 0 Å². The van der Waals surface area contributed by atoms with Crippen molar-refractivity contribution in [3.8, 4) is 11.4 Å². The van der Waals surface area contributed by atoms with Crippen LogP contribution in [0.15, 0.2) is 36.7 Å². The van der Waals surface area contributed by atoms with Gasteiger partial charge < -0.3 is 19.5 Å². The second-order valence-corrected chi connectivity index (χ2v) is 9.23. The summed E-state index contributed by atoms with van der Waals surface area (Å²) in [4.78, 5) is 30.1. The van der Waals surface area contributed by atoms with Crippen molar-refractivity contribution in [2.24, 2.45) is 0 Å². The van der Waals surface area contributed by atoms with Gasteiger partial charge in [0.05, 0.1) is 24.7 Å². The molecule has 1 aliphatic rings. The predicted octanol–water partition coefficient (Wildman–Crippen LogP) is 3.91. The third-order valence-corrected chi connectivity index (χ3v) is 6.36. The van der Waals surface area contributed by atoms with Crippen LogP contribution in [-0.2, 0) is 4.74 Å². The highest BCUT2D eigenvalue weighted by Gasteiger charge is 2.21. The number of carbonyl (C=O) groups excluding carboxylic acids is 1. The molecule has 36 heavy (non-hydrogen) atoms. The summed E-state index contributed by atoms with van der Waals surface area (Å²) in [6, 6.07) is 7.31. The fourth-order valence-corrected chi connectivity index (χ4v) is 4.51. The Morgan fingerprint density at radius 3 is 2.61 bits per heavy atom. The molecule has 1 saturated heterocycles. The van der Waals surface area contributed by atoms with Gasteiger partial charge in [0.1, 0.15) is 11.5 Å². The largest absolute Gasteiger partial charge is 0.383 e. The maximum absolute atomic E-state index is 14.6. The van der Waals surface area contributed by atoms with Crippen molar-refractivity contribution >= 4 is 17.5 Å². The first-order valence-corrected chi connectivity index (χ1v) is 12.3. The average molecular weight is 496 g/mol. The zero-order chi connectivity index (χ0) is 25.7. The van der Waals surface area contributed by atoms with Crippen LogP contribution < -0.4 is 5.32 Å². The predicted molar refractivity (Wildman–Crippen MR) is 137 cm³/mol. The van der Waals surface area contributed by atoms with Crippen LogP contribution in [0.1, 0.15) is 42.5 Å². The van der Waals surface area contributed by atoms with E-state index in [0.717, 1.165) is 44.6 Å². The second-order valence-electron chi connectivity index (χ2n) is 9.23. The highest BCUT2D eigenvalue weighted by atomic mass is 19.1. The Morgan fingerprint density at radius 2 is 1.89 bits per heavy atom. The Labute approximate surface area is 211 Å². The number of methoxy groups -OCH3 is 1. The van der Waals surface area contributed by atoms with Gasteiger partial charge in [-0.25, -0.2) is 19.3 Å². The third-order valence-electron chi connectivity index (χ3n) is 6.36. The molecule has 9 nitrogen and oxygen atoms in total. The van der Waals surface area contributed by atoms with E-state index in [9.17, 15) is 9.18 Å². The van der Waals surface area contributed by atoms with Gasteiger partial charge in [-0.3, -0.25) is 9.69 Å². The number of aryl methyl sites for hydroxylation is 1. The molecule has 1 aliphatic heterocycles. The number of hydrogen-bond acceptors (Lipinski definition) is 7. The highest BCUT2D eigenvalue weighted by Crippen LogP contribution is 2.26. The quantitative estimate of drug-likeness (QED) is 0.507. The molecule has 3 aromatic rings. The van der Waals surface area contributed by atoms with Crippen molar-refractivity contribution in [1.82, 2.24) is 29.3 Å². The molecule has 1 aromatic carbocycles. The first kappa shape index (κ1) is 25.7. The number of aromatic nitrogens is 4. The molecule has 0 spiro atoms. The Kier molecular flexibility index (Phi) is 8.27. The van der Waals surface area contributed by atoms with E-state index in [0.29, 0.717) is 30.1 Å². The number of imidazole rings is 1. The third kappa shape index (κ3) is 5.88. The second kappa shape index (κ2) is 11.6. The lowest BCUT2D eigenvalue weighted by Crippen LogP contribution is -2.36. The zero-order valence-corrected chi connectivity index (χ0v) is 21.4. The summed E-state index contributed by atoms with van der Waals surface area (Å²) >= 11 is 0. The number of halogens is 1. The van der Waals surface area contributed by atoms with Crippen molar-refractivity contribution in [1.29, 1.82) is 0 Å². The maximum atomic E-state index is 14.6. The molecule has 2 aromatic heterocycles. The molecule has 1 N–H and O–H groups in total. The minimum Gasteiger partial charge on any atom is -0.383 e. The number of amides is 1. The van der Waals surface area contributed by atoms with Crippen molar-refractivity contribution < 1.29 is 13.9 Å². The first-order chi connectivity index (χ1) is 17.4. The molecule has 10 heteroatoms. The van der Waals surface area contributed by atoms with Gasteiger partial charge in [-0.05, 0) is 58.0 Å². The molecule has 192 valence electrons. The van der Waals surface area contributed by atoms with E-state index in [-0.39, 0.29) is 23.6 Å². The molecule has 1 amide bonds. The van der Waals surface area contributed by atoms with E-state index in [1.807, 2.05) is 42.4 Å². The Hall–Kier alpha value is -3.37. The summed E-state index contributed by atoms with van der Waals surface area (Å²) in [6.07, 6.45) is 3.73. The van der Waals surface area contributed by atoms with Gasteiger partial charge in [0.15, 0.2) is 5.82 Å². The van der Waals surface area contributed by atoms with Gasteiger partial charge >= 0.3 is 0 Å². The first-order valence-electron chi connectivity index (χ1n) is 12.3. The molecule has 4 rings (SSSR count). The summed E-state index contributed by atoms with van der Waals surface area (Å²) in [7, 11) is 1.70. The number of ether oxygens (including phenoxy) is 1. The van der Waals surface area contributed by atoms with Crippen molar-refractivity contribution in [3.05, 3.63) is 53.9 Å². The summed E-state index contributed by atoms with van der Waals surface area (Å²) in [5.74, 6) is 0.567. The lowest BCUT2D eigenvalue weighted by molar-refractivity contribution is 0.0759. The van der Waals surface area contributed by atoms with Crippen LogP contribution >= 0.6 is 0 Å². The highest BCUT2D eigenvalue weighted by molar-refractivity contribution is 5.94. The molecular weight excluding hydrogens is 461 g/mol. The van der Waals surface area contributed by atoms with Crippen LogP contribution in [0, 0.1) is 12.7 Å². The fraction of sp³-hybridized carbons (Fsp3) is 0.462. The normalized spacial score (nSPS) is 14.8. The topological polar surface area (TPSA) is 88.4 Å². The zero-order valence-electron chi connectivity index (χ0n) is 21.4. The summed E-state index contributed by atoms with van der Waals surface area (Å²) in [5, 5.41) is 3.12. The summed E-state index contributed by atoms with van der Waals surface area (Å²) in [5.41, 5.74) is 2.13. The molecule has 0 unspecified atom stereocenters. The Morgan fingerprint density at radius 1 is 1.11 bits per heavy atom. The molecule has 0 saturated carbocycles. The molecule has 0 radical (unpaired) electrons. The van der Waals surface area contributed by atoms with Crippen molar-refractivity contribution in [3.63, 3.8) is 0 Å². The van der Waals surface area contributed by atoms with E-state index in [1.165, 1.54) is 0 Å². The maximum Gasteiger partial charge on any atom is 0.253 e. The van der Waals surface area contributed by atoms with Crippen LogP contribution in [0.3, 0.4) is 0 Å².